The Balaban J connectivity index is 2.07. The second kappa shape index (κ2) is 22.9. The van der Waals surface area contributed by atoms with Gasteiger partial charge < -0.3 is 67.9 Å². The average molecular weight is 842 g/mol. The summed E-state index contributed by atoms with van der Waals surface area (Å²) in [6.45, 7) is 4.72. The van der Waals surface area contributed by atoms with Crippen molar-refractivity contribution in [2.75, 3.05) is 26.2 Å². The van der Waals surface area contributed by atoms with Crippen LogP contribution >= 0.6 is 0 Å². The number of carboxylic acid groups (broad SMARTS) is 3. The number of likely N-dealkylation sites (tertiary alicyclic amines) is 2. The largest absolute Gasteiger partial charge is 0.481 e. The zero-order chi connectivity index (χ0) is 44.7. The number of carboxylic acids is 3. The van der Waals surface area contributed by atoms with Crippen LogP contribution in [0.1, 0.15) is 72.6 Å². The van der Waals surface area contributed by atoms with E-state index in [0.717, 1.165) is 6.92 Å². The molecule has 0 unspecified atom stereocenters. The van der Waals surface area contributed by atoms with E-state index in [4.69, 9.17) is 5.73 Å². The summed E-state index contributed by atoms with van der Waals surface area (Å²) in [6.07, 6.45) is -1.55. The van der Waals surface area contributed by atoms with Crippen LogP contribution < -0.4 is 37.6 Å². The first kappa shape index (κ1) is 49.2. The molecule has 0 aromatic heterocycles. The topological polar surface area (TPSA) is 373 Å². The minimum absolute atomic E-state index is 0.0963. The van der Waals surface area contributed by atoms with Crippen molar-refractivity contribution in [1.29, 1.82) is 0 Å². The van der Waals surface area contributed by atoms with Crippen LogP contribution in [0.2, 0.25) is 0 Å². The Hall–Kier alpha value is -5.91. The number of hydrogen-bond acceptors (Lipinski definition) is 13. The molecule has 0 aromatic rings. The standard InChI is InChI=1S/C35H55N9O15/c1-5-16(2)28(35(58)59)42-23(46)14-37-30(53)19(12-25(48)49)40-29(52)17(3)39-31(54)20(13-26(50)51)41-32(55)21-8-6-11-44(21)34(57)22-9-7-10-43(22)24(47)15-38-33(56)27(36)18(4)45/h16-22,27-28,45H,5-15,36H2,1-4H3,(H,37,53)(H,38,56)(H,39,54)(H,40,52)(H,41,55)(H,42,46)(H,48,49)(H,50,51)(H,58,59)/t16-,17-,18+,19-,20-,21-,22-,27-,28-/m0/s1. The van der Waals surface area contributed by atoms with E-state index in [9.17, 15) is 73.2 Å². The van der Waals surface area contributed by atoms with Gasteiger partial charge >= 0.3 is 17.9 Å². The van der Waals surface area contributed by atoms with E-state index >= 15 is 0 Å². The summed E-state index contributed by atoms with van der Waals surface area (Å²) in [5.41, 5.74) is 5.59. The molecule has 0 bridgehead atoms. The van der Waals surface area contributed by atoms with Gasteiger partial charge in [-0.2, -0.15) is 0 Å². The first-order valence-electron chi connectivity index (χ1n) is 19.0. The second-order valence-electron chi connectivity index (χ2n) is 14.5. The third kappa shape index (κ3) is 14.8. The Morgan fingerprint density at radius 2 is 1.22 bits per heavy atom. The second-order valence-corrected chi connectivity index (χ2v) is 14.5. The average Bonchev–Trinajstić information content (AvgIpc) is 3.87. The fraction of sp³-hybridized carbons (Fsp3) is 0.686. The highest BCUT2D eigenvalue weighted by molar-refractivity contribution is 5.99. The Kier molecular flexibility index (Phi) is 19.1. The highest BCUT2D eigenvalue weighted by Gasteiger charge is 2.43. The molecule has 0 spiro atoms. The number of nitrogens with two attached hydrogens (primary N) is 1. The fourth-order valence-corrected chi connectivity index (χ4v) is 6.33. The normalized spacial score (nSPS) is 19.7. The molecule has 2 aliphatic rings. The molecule has 0 radical (unpaired) electrons. The Morgan fingerprint density at radius 1 is 0.678 bits per heavy atom. The van der Waals surface area contributed by atoms with E-state index in [-0.39, 0.29) is 25.9 Å². The van der Waals surface area contributed by atoms with Gasteiger partial charge in [0.05, 0.1) is 32.0 Å². The number of amides is 8. The zero-order valence-electron chi connectivity index (χ0n) is 33.2. The Bertz CT molecular complexity index is 1630. The van der Waals surface area contributed by atoms with Gasteiger partial charge in [-0.1, -0.05) is 20.3 Å². The van der Waals surface area contributed by atoms with Crippen molar-refractivity contribution in [2.24, 2.45) is 11.7 Å². The lowest BCUT2D eigenvalue weighted by Crippen LogP contribution is -2.59. The number of nitrogens with zero attached hydrogens (tertiary/aromatic N) is 2. The molecular weight excluding hydrogens is 786 g/mol. The van der Waals surface area contributed by atoms with Gasteiger partial charge in [0.15, 0.2) is 0 Å². The smallest absolute Gasteiger partial charge is 0.326 e. The van der Waals surface area contributed by atoms with E-state index in [1.54, 1.807) is 13.8 Å². The third-order valence-electron chi connectivity index (χ3n) is 9.93. The van der Waals surface area contributed by atoms with E-state index in [2.05, 4.69) is 31.9 Å². The first-order chi connectivity index (χ1) is 27.6. The van der Waals surface area contributed by atoms with E-state index in [1.807, 2.05) is 0 Å². The first-order valence-corrected chi connectivity index (χ1v) is 19.0. The molecule has 2 rings (SSSR count). The highest BCUT2D eigenvalue weighted by atomic mass is 16.4. The molecule has 0 aromatic carbocycles. The van der Waals surface area contributed by atoms with E-state index in [1.165, 1.54) is 16.7 Å². The van der Waals surface area contributed by atoms with Crippen LogP contribution in [-0.4, -0.2) is 170 Å². The number of hydrogen-bond donors (Lipinski definition) is 11. The van der Waals surface area contributed by atoms with Gasteiger partial charge in [-0.25, -0.2) is 4.79 Å². The monoisotopic (exact) mass is 841 g/mol. The van der Waals surface area contributed by atoms with Gasteiger partial charge in [-0.05, 0) is 45.4 Å². The fourth-order valence-electron chi connectivity index (χ4n) is 6.33. The molecule has 12 N–H and O–H groups in total. The lowest BCUT2D eigenvalue weighted by molar-refractivity contribution is -0.147. The molecule has 0 aliphatic carbocycles. The SMILES string of the molecule is CC[C@H](C)[C@H](NC(=O)CNC(=O)[C@H](CC(=O)O)NC(=O)[C@H](C)NC(=O)[C@H](CC(=O)O)NC(=O)[C@@H]1CCCN1C(=O)[C@@H]1CCCN1C(=O)CNC(=O)[C@@H](N)[C@@H](C)O)C(=O)O. The van der Waals surface area contributed by atoms with Crippen molar-refractivity contribution in [2.45, 2.75) is 121 Å². The summed E-state index contributed by atoms with van der Waals surface area (Å²) in [4.78, 5) is 141. The molecule has 2 heterocycles. The Morgan fingerprint density at radius 3 is 1.76 bits per heavy atom. The summed E-state index contributed by atoms with van der Waals surface area (Å²) in [6, 6.07) is -9.82. The summed E-state index contributed by atoms with van der Waals surface area (Å²) in [5, 5.41) is 51.0. The molecule has 2 saturated heterocycles. The molecule has 2 aliphatic heterocycles. The van der Waals surface area contributed by atoms with Gasteiger partial charge in [-0.15, -0.1) is 0 Å². The number of rotatable bonds is 22. The molecule has 24 heteroatoms. The van der Waals surface area contributed by atoms with Crippen LogP contribution in [0.4, 0.5) is 0 Å². The van der Waals surface area contributed by atoms with Gasteiger partial charge in [0.1, 0.15) is 42.3 Å². The molecule has 9 atom stereocenters. The molecule has 2 fully saturated rings. The number of aliphatic carboxylic acids is 3. The van der Waals surface area contributed by atoms with Gasteiger partial charge in [-0.3, -0.25) is 47.9 Å². The van der Waals surface area contributed by atoms with Crippen molar-refractivity contribution in [3.63, 3.8) is 0 Å². The van der Waals surface area contributed by atoms with Crippen LogP contribution in [0, 0.1) is 5.92 Å². The molecule has 0 saturated carbocycles. The van der Waals surface area contributed by atoms with Crippen molar-refractivity contribution >= 4 is 65.2 Å². The Labute approximate surface area is 338 Å². The summed E-state index contributed by atoms with van der Waals surface area (Å²) in [7, 11) is 0. The van der Waals surface area contributed by atoms with Crippen LogP contribution in [0.25, 0.3) is 0 Å². The number of carbonyl (C=O) groups excluding carboxylic acids is 8. The molecular formula is C35H55N9O15. The number of carbonyl (C=O) groups is 11. The molecule has 8 amide bonds. The lowest BCUT2D eigenvalue weighted by Gasteiger charge is -2.31. The quantitative estimate of drug-likeness (QED) is 0.0486. The molecule has 330 valence electrons. The number of nitrogens with one attached hydrogen (secondary N) is 6. The minimum Gasteiger partial charge on any atom is -0.481 e. The van der Waals surface area contributed by atoms with Crippen LogP contribution in [0.5, 0.6) is 0 Å². The lowest BCUT2D eigenvalue weighted by atomic mass is 9.99. The van der Waals surface area contributed by atoms with Crippen molar-refractivity contribution in [3.8, 4) is 0 Å². The van der Waals surface area contributed by atoms with Crippen molar-refractivity contribution < 1.29 is 73.2 Å². The van der Waals surface area contributed by atoms with Gasteiger partial charge in [0.25, 0.3) is 0 Å². The summed E-state index contributed by atoms with van der Waals surface area (Å²) < 4.78 is 0. The van der Waals surface area contributed by atoms with Crippen molar-refractivity contribution in [1.82, 2.24) is 41.7 Å². The third-order valence-corrected chi connectivity index (χ3v) is 9.93. The molecule has 24 nitrogen and oxygen atoms in total. The maximum atomic E-state index is 13.7. The van der Waals surface area contributed by atoms with E-state index < -0.39 is 145 Å². The summed E-state index contributed by atoms with van der Waals surface area (Å²) in [5.74, 6) is -12.0. The predicted molar refractivity (Wildman–Crippen MR) is 200 cm³/mol. The van der Waals surface area contributed by atoms with Crippen molar-refractivity contribution in [3.05, 3.63) is 0 Å². The highest BCUT2D eigenvalue weighted by Crippen LogP contribution is 2.25. The maximum absolute atomic E-state index is 13.7. The van der Waals surface area contributed by atoms with Crippen LogP contribution in [0.15, 0.2) is 0 Å². The number of aliphatic hydroxyl groups excluding tert-OH is 1. The summed E-state index contributed by atoms with van der Waals surface area (Å²) >= 11 is 0. The number of aliphatic hydroxyl groups is 1. The van der Waals surface area contributed by atoms with E-state index in [0.29, 0.717) is 19.3 Å². The van der Waals surface area contributed by atoms with Crippen LogP contribution in [-0.2, 0) is 52.7 Å². The minimum atomic E-state index is -1.78. The molecule has 59 heavy (non-hydrogen) atoms. The van der Waals surface area contributed by atoms with Gasteiger partial charge in [0, 0.05) is 13.1 Å². The van der Waals surface area contributed by atoms with Crippen LogP contribution in [0.3, 0.4) is 0 Å². The van der Waals surface area contributed by atoms with Gasteiger partial charge in [0.2, 0.25) is 47.3 Å². The maximum Gasteiger partial charge on any atom is 0.326 e. The predicted octanol–water partition coefficient (Wildman–Crippen LogP) is -5.05. The zero-order valence-corrected chi connectivity index (χ0v) is 33.2.